The lowest BCUT2D eigenvalue weighted by Gasteiger charge is -2.36. The number of nitrogens with zero attached hydrogens (tertiary/aromatic N) is 2. The van der Waals surface area contributed by atoms with E-state index in [0.717, 1.165) is 42.4 Å². The number of benzene rings is 2. The first-order chi connectivity index (χ1) is 17.0. The van der Waals surface area contributed by atoms with Gasteiger partial charge in [0.05, 0.1) is 0 Å². The lowest BCUT2D eigenvalue weighted by atomic mass is 10.1. The van der Waals surface area contributed by atoms with E-state index in [4.69, 9.17) is 9.47 Å². The second-order valence-corrected chi connectivity index (χ2v) is 10.2. The summed E-state index contributed by atoms with van der Waals surface area (Å²) in [7, 11) is 0. The molecule has 0 saturated carbocycles. The topological polar surface area (TPSA) is 71.1 Å². The molecule has 2 amide bonds. The van der Waals surface area contributed by atoms with Gasteiger partial charge in [-0.3, -0.25) is 14.5 Å². The molecule has 1 atom stereocenters. The Hall–Kier alpha value is -2.71. The van der Waals surface area contributed by atoms with Crippen molar-refractivity contribution in [3.8, 4) is 11.5 Å². The molecule has 2 aliphatic heterocycles. The molecule has 1 N–H and O–H groups in total. The Labute approximate surface area is 212 Å². The quantitative estimate of drug-likeness (QED) is 0.505. The van der Waals surface area contributed by atoms with Crippen LogP contribution in [0.2, 0.25) is 0 Å². The van der Waals surface area contributed by atoms with Crippen molar-refractivity contribution in [2.24, 2.45) is 0 Å². The van der Waals surface area contributed by atoms with E-state index in [0.29, 0.717) is 18.8 Å². The van der Waals surface area contributed by atoms with E-state index in [9.17, 15) is 9.59 Å². The zero-order valence-corrected chi connectivity index (χ0v) is 21.4. The van der Waals surface area contributed by atoms with Crippen LogP contribution in [0.4, 0.5) is 0 Å². The molecule has 1 unspecified atom stereocenters. The van der Waals surface area contributed by atoms with Gasteiger partial charge in [-0.15, -0.1) is 11.8 Å². The number of piperazine rings is 1. The van der Waals surface area contributed by atoms with E-state index in [1.807, 2.05) is 17.0 Å². The van der Waals surface area contributed by atoms with E-state index < -0.39 is 6.04 Å². The third kappa shape index (κ3) is 7.15. The number of aryl methyl sites for hydroxylation is 1. The van der Waals surface area contributed by atoms with Gasteiger partial charge in [0.2, 0.25) is 18.6 Å². The molecule has 0 spiro atoms. The fraction of sp³-hybridized carbons (Fsp3) is 0.481. The predicted octanol–water partition coefficient (Wildman–Crippen LogP) is 3.70. The lowest BCUT2D eigenvalue weighted by Crippen LogP contribution is -2.55. The van der Waals surface area contributed by atoms with E-state index in [-0.39, 0.29) is 18.6 Å². The molecule has 4 rings (SSSR count). The zero-order valence-electron chi connectivity index (χ0n) is 20.6. The summed E-state index contributed by atoms with van der Waals surface area (Å²) < 4.78 is 10.9. The normalized spacial score (nSPS) is 16.2. The molecule has 7 nitrogen and oxygen atoms in total. The summed E-state index contributed by atoms with van der Waals surface area (Å²) in [4.78, 5) is 30.4. The van der Waals surface area contributed by atoms with Crippen molar-refractivity contribution in [1.82, 2.24) is 15.1 Å². The first-order valence-electron chi connectivity index (χ1n) is 12.4. The summed E-state index contributed by atoms with van der Waals surface area (Å²) in [5, 5.41) is 2.87. The zero-order chi connectivity index (χ0) is 24.6. The second-order valence-electron chi connectivity index (χ2n) is 9.10. The number of carbonyl (C=O) groups is 2. The number of ether oxygens (including phenoxy) is 2. The van der Waals surface area contributed by atoms with Gasteiger partial charge in [-0.1, -0.05) is 31.5 Å². The van der Waals surface area contributed by atoms with Gasteiger partial charge < -0.3 is 19.7 Å². The average molecular weight is 498 g/mol. The van der Waals surface area contributed by atoms with Gasteiger partial charge in [0.15, 0.2) is 11.5 Å². The molecule has 35 heavy (non-hydrogen) atoms. The fourth-order valence-corrected chi connectivity index (χ4v) is 5.29. The Balaban J connectivity index is 1.28. The van der Waals surface area contributed by atoms with Crippen molar-refractivity contribution in [3.63, 3.8) is 0 Å². The molecule has 2 heterocycles. The molecule has 188 valence electrons. The van der Waals surface area contributed by atoms with Crippen LogP contribution in [0.5, 0.6) is 11.5 Å². The SMILES string of the molecule is CCCCc1ccc(SCC(NC(C)=O)C(=O)N2CCN(Cc3ccc4c(c3)OCO4)CC2)cc1. The smallest absolute Gasteiger partial charge is 0.246 e. The highest BCUT2D eigenvalue weighted by Gasteiger charge is 2.28. The van der Waals surface area contributed by atoms with Crippen LogP contribution < -0.4 is 14.8 Å². The summed E-state index contributed by atoms with van der Waals surface area (Å²) >= 11 is 1.61. The number of hydrogen-bond donors (Lipinski definition) is 1. The van der Waals surface area contributed by atoms with E-state index >= 15 is 0 Å². The molecule has 8 heteroatoms. The molecule has 1 saturated heterocycles. The highest BCUT2D eigenvalue weighted by Crippen LogP contribution is 2.33. The number of fused-ring (bicyclic) bond motifs is 1. The summed E-state index contributed by atoms with van der Waals surface area (Å²) in [6, 6.07) is 14.0. The number of hydrogen-bond acceptors (Lipinski definition) is 6. The van der Waals surface area contributed by atoms with Crippen LogP contribution in [-0.2, 0) is 22.6 Å². The van der Waals surface area contributed by atoms with Crippen LogP contribution in [0, 0.1) is 0 Å². The van der Waals surface area contributed by atoms with Crippen molar-refractivity contribution in [3.05, 3.63) is 53.6 Å². The number of nitrogens with one attached hydrogen (secondary N) is 1. The van der Waals surface area contributed by atoms with Crippen LogP contribution in [0.15, 0.2) is 47.4 Å². The highest BCUT2D eigenvalue weighted by molar-refractivity contribution is 7.99. The van der Waals surface area contributed by atoms with E-state index in [2.05, 4.69) is 47.5 Å². The van der Waals surface area contributed by atoms with Crippen molar-refractivity contribution in [2.75, 3.05) is 38.7 Å². The van der Waals surface area contributed by atoms with Crippen molar-refractivity contribution >= 4 is 23.6 Å². The number of thioether (sulfide) groups is 1. The largest absolute Gasteiger partial charge is 0.454 e. The molecule has 0 bridgehead atoms. The van der Waals surface area contributed by atoms with Crippen LogP contribution in [-0.4, -0.2) is 66.4 Å². The van der Waals surface area contributed by atoms with E-state index in [1.165, 1.54) is 30.9 Å². The molecule has 2 aromatic rings. The van der Waals surface area contributed by atoms with Crippen molar-refractivity contribution < 1.29 is 19.1 Å². The van der Waals surface area contributed by atoms with Gasteiger partial charge in [-0.2, -0.15) is 0 Å². The van der Waals surface area contributed by atoms with Gasteiger partial charge in [0.1, 0.15) is 6.04 Å². The summed E-state index contributed by atoms with van der Waals surface area (Å²) in [5.74, 6) is 1.92. The minimum Gasteiger partial charge on any atom is -0.454 e. The Kier molecular flexibility index (Phi) is 8.93. The molecule has 0 aliphatic carbocycles. The van der Waals surface area contributed by atoms with Gasteiger partial charge >= 0.3 is 0 Å². The summed E-state index contributed by atoms with van der Waals surface area (Å²) in [5.41, 5.74) is 2.51. The standard InChI is InChI=1S/C27H35N3O4S/c1-3-4-5-21-6-9-23(10-7-21)35-18-24(28-20(2)31)27(32)30-14-12-29(13-15-30)17-22-8-11-25-26(16-22)34-19-33-25/h6-11,16,24H,3-5,12-15,17-19H2,1-2H3,(H,28,31). The summed E-state index contributed by atoms with van der Waals surface area (Å²) in [6.45, 7) is 7.63. The number of unbranched alkanes of at least 4 members (excludes halogenated alkanes) is 1. The van der Waals surface area contributed by atoms with Crippen molar-refractivity contribution in [1.29, 1.82) is 0 Å². The molecule has 0 aromatic heterocycles. The number of rotatable bonds is 10. The van der Waals surface area contributed by atoms with Gasteiger partial charge in [-0.05, 0) is 48.2 Å². The Morgan fingerprint density at radius 1 is 1.00 bits per heavy atom. The van der Waals surface area contributed by atoms with Gasteiger partial charge in [0.25, 0.3) is 0 Å². The molecule has 0 radical (unpaired) electrons. The maximum Gasteiger partial charge on any atom is 0.246 e. The Morgan fingerprint density at radius 2 is 1.71 bits per heavy atom. The molecular weight excluding hydrogens is 462 g/mol. The van der Waals surface area contributed by atoms with Crippen LogP contribution in [0.25, 0.3) is 0 Å². The first kappa shape index (κ1) is 25.4. The molecule has 2 aromatic carbocycles. The Bertz CT molecular complexity index is 1010. The third-order valence-electron chi connectivity index (χ3n) is 6.36. The first-order valence-corrected chi connectivity index (χ1v) is 13.4. The number of carbonyl (C=O) groups excluding carboxylic acids is 2. The molecular formula is C27H35N3O4S. The highest BCUT2D eigenvalue weighted by atomic mass is 32.2. The monoisotopic (exact) mass is 497 g/mol. The fourth-order valence-electron chi connectivity index (χ4n) is 4.38. The minimum absolute atomic E-state index is 0.00463. The second kappa shape index (κ2) is 12.3. The van der Waals surface area contributed by atoms with Gasteiger partial charge in [-0.25, -0.2) is 0 Å². The van der Waals surface area contributed by atoms with E-state index in [1.54, 1.807) is 11.8 Å². The molecule has 2 aliphatic rings. The summed E-state index contributed by atoms with van der Waals surface area (Å²) in [6.07, 6.45) is 3.47. The Morgan fingerprint density at radius 3 is 2.43 bits per heavy atom. The van der Waals surface area contributed by atoms with Crippen LogP contribution >= 0.6 is 11.8 Å². The number of amides is 2. The average Bonchev–Trinajstić information content (AvgIpc) is 3.34. The third-order valence-corrected chi connectivity index (χ3v) is 7.47. The maximum atomic E-state index is 13.3. The minimum atomic E-state index is -0.530. The maximum absolute atomic E-state index is 13.3. The molecule has 1 fully saturated rings. The van der Waals surface area contributed by atoms with Crippen molar-refractivity contribution in [2.45, 2.75) is 50.6 Å². The van der Waals surface area contributed by atoms with Crippen LogP contribution in [0.1, 0.15) is 37.8 Å². The predicted molar refractivity (Wildman–Crippen MR) is 138 cm³/mol. The van der Waals surface area contributed by atoms with Gasteiger partial charge in [0, 0.05) is 50.3 Å². The lowest BCUT2D eigenvalue weighted by molar-refractivity contribution is -0.137. The van der Waals surface area contributed by atoms with Crippen LogP contribution in [0.3, 0.4) is 0 Å².